The second kappa shape index (κ2) is 9.05. The highest BCUT2D eigenvalue weighted by Gasteiger charge is 2.32. The van der Waals surface area contributed by atoms with Crippen LogP contribution >= 0.6 is 0 Å². The van der Waals surface area contributed by atoms with Crippen LogP contribution in [0, 0.1) is 11.7 Å². The zero-order valence-corrected chi connectivity index (χ0v) is 17.6. The summed E-state index contributed by atoms with van der Waals surface area (Å²) in [7, 11) is -3.67. The lowest BCUT2D eigenvalue weighted by Crippen LogP contribution is -2.41. The minimum atomic E-state index is -3.67. The third kappa shape index (κ3) is 4.67. The molecule has 1 heterocycles. The Labute approximate surface area is 172 Å². The van der Waals surface area contributed by atoms with Crippen molar-refractivity contribution in [1.82, 2.24) is 4.31 Å². The molecule has 1 saturated heterocycles. The number of carbonyl (C=O) groups excluding carboxylic acids is 1. The number of benzene rings is 2. The van der Waals surface area contributed by atoms with E-state index in [1.165, 1.54) is 16.4 Å². The van der Waals surface area contributed by atoms with E-state index in [0.29, 0.717) is 12.8 Å². The fourth-order valence-corrected chi connectivity index (χ4v) is 5.21. The fraction of sp³-hybridized carbons (Fsp3) is 0.409. The summed E-state index contributed by atoms with van der Waals surface area (Å²) >= 11 is 0. The minimum absolute atomic E-state index is 0.0561. The predicted octanol–water partition coefficient (Wildman–Crippen LogP) is 3.99. The Kier molecular flexibility index (Phi) is 6.70. The Morgan fingerprint density at radius 3 is 2.10 bits per heavy atom. The Hall–Kier alpha value is -2.25. The number of halogens is 1. The van der Waals surface area contributed by atoms with Crippen LogP contribution in [0.4, 0.5) is 10.1 Å². The highest BCUT2D eigenvalue weighted by molar-refractivity contribution is 7.89. The van der Waals surface area contributed by atoms with E-state index >= 15 is 0 Å². The first-order valence-corrected chi connectivity index (χ1v) is 11.5. The van der Waals surface area contributed by atoms with Crippen molar-refractivity contribution in [2.75, 3.05) is 18.4 Å². The molecule has 0 aromatic heterocycles. The Balaban J connectivity index is 1.67. The number of carbonyl (C=O) groups is 1. The van der Waals surface area contributed by atoms with Gasteiger partial charge in [0.1, 0.15) is 5.82 Å². The lowest BCUT2D eigenvalue weighted by Gasteiger charge is -2.31. The number of hydrogen-bond acceptors (Lipinski definition) is 3. The Morgan fingerprint density at radius 1 is 1.03 bits per heavy atom. The quantitative estimate of drug-likeness (QED) is 0.771. The van der Waals surface area contributed by atoms with E-state index in [-0.39, 0.29) is 29.8 Å². The van der Waals surface area contributed by atoms with Crippen LogP contribution in [0.3, 0.4) is 0 Å². The molecular formula is C22H27FN2O3S. The van der Waals surface area contributed by atoms with Gasteiger partial charge in [0.15, 0.2) is 0 Å². The molecule has 3 rings (SSSR count). The molecule has 156 valence electrons. The van der Waals surface area contributed by atoms with Crippen LogP contribution in [0.2, 0.25) is 0 Å². The second-order valence-electron chi connectivity index (χ2n) is 7.28. The van der Waals surface area contributed by atoms with E-state index in [4.69, 9.17) is 0 Å². The molecule has 7 heteroatoms. The molecule has 0 unspecified atom stereocenters. The van der Waals surface area contributed by atoms with Gasteiger partial charge in [0.2, 0.25) is 15.9 Å². The van der Waals surface area contributed by atoms with Crippen molar-refractivity contribution in [3.63, 3.8) is 0 Å². The van der Waals surface area contributed by atoms with Crippen LogP contribution in [0.15, 0.2) is 47.4 Å². The molecule has 0 radical (unpaired) electrons. The van der Waals surface area contributed by atoms with Crippen LogP contribution in [0.1, 0.15) is 37.8 Å². The molecule has 0 saturated carbocycles. The highest BCUT2D eigenvalue weighted by Crippen LogP contribution is 2.27. The zero-order chi connectivity index (χ0) is 21.0. The SMILES string of the molecule is CCc1cccc(CC)c1NC(=O)C1CCN(S(=O)(=O)c2ccc(F)cc2)CC1. The molecule has 1 N–H and O–H groups in total. The summed E-state index contributed by atoms with van der Waals surface area (Å²) in [6.07, 6.45) is 2.58. The topological polar surface area (TPSA) is 66.5 Å². The number of amides is 1. The van der Waals surface area contributed by atoms with E-state index < -0.39 is 15.8 Å². The second-order valence-corrected chi connectivity index (χ2v) is 9.22. The summed E-state index contributed by atoms with van der Waals surface area (Å²) < 4.78 is 39.9. The number of nitrogens with one attached hydrogen (secondary N) is 1. The normalized spacial score (nSPS) is 16.0. The number of rotatable bonds is 6. The van der Waals surface area contributed by atoms with Crippen molar-refractivity contribution < 1.29 is 17.6 Å². The maximum Gasteiger partial charge on any atom is 0.243 e. The maximum atomic E-state index is 13.1. The third-order valence-electron chi connectivity index (χ3n) is 5.52. The van der Waals surface area contributed by atoms with E-state index in [0.717, 1.165) is 41.8 Å². The number of anilines is 1. The van der Waals surface area contributed by atoms with Gasteiger partial charge < -0.3 is 5.32 Å². The molecule has 2 aromatic rings. The van der Waals surface area contributed by atoms with E-state index in [2.05, 4.69) is 19.2 Å². The monoisotopic (exact) mass is 418 g/mol. The van der Waals surface area contributed by atoms with Gasteiger partial charge in [-0.1, -0.05) is 32.0 Å². The van der Waals surface area contributed by atoms with Gasteiger partial charge in [-0.05, 0) is 61.1 Å². The van der Waals surface area contributed by atoms with Crippen LogP contribution in [-0.2, 0) is 27.7 Å². The number of hydrogen-bond donors (Lipinski definition) is 1. The first-order chi connectivity index (χ1) is 13.9. The van der Waals surface area contributed by atoms with Crippen LogP contribution in [-0.4, -0.2) is 31.7 Å². The molecule has 1 amide bonds. The summed E-state index contributed by atoms with van der Waals surface area (Å²) in [6, 6.07) is 10.9. The summed E-state index contributed by atoms with van der Waals surface area (Å²) in [5, 5.41) is 3.09. The smallest absolute Gasteiger partial charge is 0.243 e. The average Bonchev–Trinajstić information content (AvgIpc) is 2.74. The van der Waals surface area contributed by atoms with Crippen molar-refractivity contribution in [2.45, 2.75) is 44.4 Å². The van der Waals surface area contributed by atoms with Crippen molar-refractivity contribution >= 4 is 21.6 Å². The summed E-state index contributed by atoms with van der Waals surface area (Å²) in [5.41, 5.74) is 3.10. The van der Waals surface area contributed by atoms with Gasteiger partial charge in [0.05, 0.1) is 4.90 Å². The molecule has 0 spiro atoms. The van der Waals surface area contributed by atoms with Crippen molar-refractivity contribution in [3.8, 4) is 0 Å². The molecule has 2 aromatic carbocycles. The van der Waals surface area contributed by atoms with Gasteiger partial charge in [-0.2, -0.15) is 4.31 Å². The number of piperidine rings is 1. The van der Waals surface area contributed by atoms with Gasteiger partial charge in [0, 0.05) is 24.7 Å². The standard InChI is InChI=1S/C22H27FN2O3S/c1-3-16-6-5-7-17(4-2)21(16)24-22(26)18-12-14-25(15-13-18)29(27,28)20-10-8-19(23)9-11-20/h5-11,18H,3-4,12-15H2,1-2H3,(H,24,26). The molecule has 5 nitrogen and oxygen atoms in total. The highest BCUT2D eigenvalue weighted by atomic mass is 32.2. The zero-order valence-electron chi connectivity index (χ0n) is 16.8. The molecule has 1 fully saturated rings. The van der Waals surface area contributed by atoms with Gasteiger partial charge in [-0.15, -0.1) is 0 Å². The van der Waals surface area contributed by atoms with Gasteiger partial charge >= 0.3 is 0 Å². The van der Waals surface area contributed by atoms with Crippen LogP contribution in [0.5, 0.6) is 0 Å². The lowest BCUT2D eigenvalue weighted by molar-refractivity contribution is -0.120. The van der Waals surface area contributed by atoms with Crippen molar-refractivity contribution in [2.24, 2.45) is 5.92 Å². The van der Waals surface area contributed by atoms with Gasteiger partial charge in [-0.3, -0.25) is 4.79 Å². The van der Waals surface area contributed by atoms with E-state index in [9.17, 15) is 17.6 Å². The molecule has 0 bridgehead atoms. The third-order valence-corrected chi connectivity index (χ3v) is 7.44. The van der Waals surface area contributed by atoms with Crippen LogP contribution < -0.4 is 5.32 Å². The van der Waals surface area contributed by atoms with Gasteiger partial charge in [0.25, 0.3) is 0 Å². The first-order valence-electron chi connectivity index (χ1n) is 10.0. The summed E-state index contributed by atoms with van der Waals surface area (Å²) in [5.74, 6) is -0.762. The number of para-hydroxylation sites is 1. The van der Waals surface area contributed by atoms with E-state index in [1.807, 2.05) is 18.2 Å². The average molecular weight is 419 g/mol. The molecule has 0 aliphatic carbocycles. The van der Waals surface area contributed by atoms with E-state index in [1.54, 1.807) is 0 Å². The molecule has 0 atom stereocenters. The molecular weight excluding hydrogens is 391 g/mol. The molecule has 1 aliphatic heterocycles. The maximum absolute atomic E-state index is 13.1. The lowest BCUT2D eigenvalue weighted by atomic mass is 9.96. The molecule has 29 heavy (non-hydrogen) atoms. The minimum Gasteiger partial charge on any atom is -0.325 e. The van der Waals surface area contributed by atoms with Crippen molar-refractivity contribution in [3.05, 3.63) is 59.4 Å². The number of nitrogens with zero attached hydrogens (tertiary/aromatic N) is 1. The molecule has 1 aliphatic rings. The number of aryl methyl sites for hydroxylation is 2. The van der Waals surface area contributed by atoms with Gasteiger partial charge in [-0.25, -0.2) is 12.8 Å². The van der Waals surface area contributed by atoms with Crippen molar-refractivity contribution in [1.29, 1.82) is 0 Å². The Morgan fingerprint density at radius 2 is 1.59 bits per heavy atom. The largest absolute Gasteiger partial charge is 0.325 e. The summed E-state index contributed by atoms with van der Waals surface area (Å²) in [6.45, 7) is 4.66. The first kappa shape index (κ1) is 21.5. The Bertz CT molecular complexity index is 944. The fourth-order valence-electron chi connectivity index (χ4n) is 3.74. The summed E-state index contributed by atoms with van der Waals surface area (Å²) in [4.78, 5) is 12.9. The number of sulfonamides is 1. The van der Waals surface area contributed by atoms with Crippen LogP contribution in [0.25, 0.3) is 0 Å². The predicted molar refractivity (Wildman–Crippen MR) is 112 cm³/mol.